The number of benzene rings is 2. The Morgan fingerprint density at radius 3 is 2.35 bits per heavy atom. The molecule has 6 heteroatoms. The van der Waals surface area contributed by atoms with Crippen LogP contribution in [0.1, 0.15) is 40.9 Å². The highest BCUT2D eigenvalue weighted by Gasteiger charge is 2.22. The van der Waals surface area contributed by atoms with Gasteiger partial charge >= 0.3 is 0 Å². The number of rotatable bonds is 7. The molecule has 31 heavy (non-hydrogen) atoms. The number of hydrogen-bond donors (Lipinski definition) is 3. The average Bonchev–Trinajstić information content (AvgIpc) is 2.75. The first-order valence-corrected chi connectivity index (χ1v) is 10.5. The Labute approximate surface area is 183 Å². The zero-order valence-corrected chi connectivity index (χ0v) is 17.9. The average molecular weight is 420 g/mol. The lowest BCUT2D eigenvalue weighted by Gasteiger charge is -2.36. The molecule has 0 aliphatic carbocycles. The van der Waals surface area contributed by atoms with Crippen molar-refractivity contribution >= 4 is 23.8 Å². The fourth-order valence-electron chi connectivity index (χ4n) is 3.95. The molecule has 1 fully saturated rings. The van der Waals surface area contributed by atoms with E-state index in [0.29, 0.717) is 17.6 Å². The van der Waals surface area contributed by atoms with Crippen LogP contribution in [-0.2, 0) is 11.3 Å². The van der Waals surface area contributed by atoms with Crippen molar-refractivity contribution in [2.24, 2.45) is 0 Å². The first-order valence-electron chi connectivity index (χ1n) is 10.5. The van der Waals surface area contributed by atoms with E-state index in [9.17, 15) is 9.59 Å². The second-order valence-electron chi connectivity index (χ2n) is 8.00. The van der Waals surface area contributed by atoms with Gasteiger partial charge in [-0.1, -0.05) is 48.5 Å². The van der Waals surface area contributed by atoms with Gasteiger partial charge in [0, 0.05) is 43.4 Å². The summed E-state index contributed by atoms with van der Waals surface area (Å²) >= 11 is 0. The van der Waals surface area contributed by atoms with Crippen LogP contribution in [0.5, 0.6) is 0 Å². The molecule has 0 bridgehead atoms. The maximum atomic E-state index is 12.9. The molecule has 0 radical (unpaired) electrons. The van der Waals surface area contributed by atoms with E-state index in [1.165, 1.54) is 6.08 Å². The highest BCUT2D eigenvalue weighted by Crippen LogP contribution is 2.17. The van der Waals surface area contributed by atoms with E-state index in [0.717, 1.165) is 36.3 Å². The standard InChI is InChI=1S/C25H29N3O3/c1-18-15-28(16-19(2)26-18)17-22-8-3-4-9-23(22)24(29)12-10-20-6-5-7-21(14-20)11-13-25(30)27-31/h3-14,18-19,26,31H,15-17H2,1-2H3,(H,27,30)/t18-,19+. The molecule has 3 rings (SSSR count). The van der Waals surface area contributed by atoms with Gasteiger partial charge in [0.05, 0.1) is 0 Å². The number of nitrogens with one attached hydrogen (secondary N) is 2. The molecule has 2 aromatic carbocycles. The number of hydrogen-bond acceptors (Lipinski definition) is 5. The van der Waals surface area contributed by atoms with E-state index in [-0.39, 0.29) is 5.78 Å². The van der Waals surface area contributed by atoms with Crippen molar-refractivity contribution in [1.29, 1.82) is 0 Å². The third-order valence-electron chi connectivity index (χ3n) is 5.19. The lowest BCUT2D eigenvalue weighted by Crippen LogP contribution is -2.53. The van der Waals surface area contributed by atoms with E-state index in [4.69, 9.17) is 5.21 Å². The van der Waals surface area contributed by atoms with E-state index in [1.54, 1.807) is 23.7 Å². The minimum absolute atomic E-state index is 0.0348. The number of carbonyl (C=O) groups is 2. The fourth-order valence-corrected chi connectivity index (χ4v) is 3.95. The summed E-state index contributed by atoms with van der Waals surface area (Å²) in [5.74, 6) is -0.631. The van der Waals surface area contributed by atoms with E-state index in [1.807, 2.05) is 48.5 Å². The Morgan fingerprint density at radius 2 is 1.68 bits per heavy atom. The van der Waals surface area contributed by atoms with Gasteiger partial charge in [0.2, 0.25) is 0 Å². The summed E-state index contributed by atoms with van der Waals surface area (Å²) in [6.07, 6.45) is 6.19. The van der Waals surface area contributed by atoms with Crippen LogP contribution in [0.25, 0.3) is 12.2 Å². The van der Waals surface area contributed by atoms with Crippen molar-refractivity contribution < 1.29 is 14.8 Å². The molecule has 0 saturated carbocycles. The van der Waals surface area contributed by atoms with Crippen molar-refractivity contribution in [3.05, 3.63) is 82.9 Å². The van der Waals surface area contributed by atoms with Crippen molar-refractivity contribution in [1.82, 2.24) is 15.7 Å². The van der Waals surface area contributed by atoms with Crippen LogP contribution < -0.4 is 10.8 Å². The maximum absolute atomic E-state index is 12.9. The predicted octanol–water partition coefficient (Wildman–Crippen LogP) is 3.28. The van der Waals surface area contributed by atoms with Gasteiger partial charge in [-0.15, -0.1) is 0 Å². The number of piperazine rings is 1. The first-order chi connectivity index (χ1) is 14.9. The number of carbonyl (C=O) groups excluding carboxylic acids is 2. The largest absolute Gasteiger partial charge is 0.309 e. The highest BCUT2D eigenvalue weighted by atomic mass is 16.5. The van der Waals surface area contributed by atoms with Crippen molar-refractivity contribution in [2.75, 3.05) is 13.1 Å². The second-order valence-corrected chi connectivity index (χ2v) is 8.00. The summed E-state index contributed by atoms with van der Waals surface area (Å²) in [5, 5.41) is 12.1. The molecular weight excluding hydrogens is 390 g/mol. The minimum Gasteiger partial charge on any atom is -0.309 e. The maximum Gasteiger partial charge on any atom is 0.267 e. The highest BCUT2D eigenvalue weighted by molar-refractivity contribution is 6.07. The van der Waals surface area contributed by atoms with E-state index in [2.05, 4.69) is 24.1 Å². The van der Waals surface area contributed by atoms with Crippen LogP contribution in [0.4, 0.5) is 0 Å². The fraction of sp³-hybridized carbons (Fsp3) is 0.280. The van der Waals surface area contributed by atoms with Crippen LogP contribution in [0.15, 0.2) is 60.7 Å². The number of ketones is 1. The summed E-state index contributed by atoms with van der Waals surface area (Å²) < 4.78 is 0. The lowest BCUT2D eigenvalue weighted by molar-refractivity contribution is -0.124. The quantitative estimate of drug-likeness (QED) is 0.278. The van der Waals surface area contributed by atoms with E-state index >= 15 is 0 Å². The van der Waals surface area contributed by atoms with Crippen LogP contribution in [-0.4, -0.2) is 47.0 Å². The summed E-state index contributed by atoms with van der Waals surface area (Å²) in [7, 11) is 0. The topological polar surface area (TPSA) is 81.7 Å². The third-order valence-corrected chi connectivity index (χ3v) is 5.19. The second kappa shape index (κ2) is 10.8. The Morgan fingerprint density at radius 1 is 1.03 bits per heavy atom. The Bertz CT molecular complexity index is 973. The number of amides is 1. The monoisotopic (exact) mass is 419 g/mol. The van der Waals surface area contributed by atoms with Gasteiger partial charge in [-0.2, -0.15) is 0 Å². The predicted molar refractivity (Wildman–Crippen MR) is 123 cm³/mol. The van der Waals surface area contributed by atoms with Gasteiger partial charge < -0.3 is 5.32 Å². The first kappa shape index (κ1) is 22.6. The lowest BCUT2D eigenvalue weighted by atomic mass is 10.0. The molecule has 162 valence electrons. The molecule has 2 atom stereocenters. The van der Waals surface area contributed by atoms with Gasteiger partial charge in [-0.05, 0) is 48.8 Å². The molecule has 1 saturated heterocycles. The molecular formula is C25H29N3O3. The number of nitrogens with zero attached hydrogens (tertiary/aromatic N) is 1. The molecule has 1 heterocycles. The summed E-state index contributed by atoms with van der Waals surface area (Å²) in [5.41, 5.74) is 4.95. The molecule has 1 aliphatic heterocycles. The van der Waals surface area contributed by atoms with Gasteiger partial charge in [0.1, 0.15) is 0 Å². The normalized spacial score (nSPS) is 19.7. The zero-order valence-electron chi connectivity index (χ0n) is 17.9. The van der Waals surface area contributed by atoms with Gasteiger partial charge in [-0.25, -0.2) is 5.48 Å². The Kier molecular flexibility index (Phi) is 7.89. The molecule has 1 aliphatic rings. The molecule has 1 amide bonds. The Balaban J connectivity index is 1.72. The molecule has 2 aromatic rings. The van der Waals surface area contributed by atoms with Gasteiger partial charge in [0.15, 0.2) is 5.78 Å². The van der Waals surface area contributed by atoms with E-state index < -0.39 is 5.91 Å². The van der Waals surface area contributed by atoms with Crippen LogP contribution in [0.3, 0.4) is 0 Å². The molecule has 3 N–H and O–H groups in total. The smallest absolute Gasteiger partial charge is 0.267 e. The van der Waals surface area contributed by atoms with Gasteiger partial charge in [0.25, 0.3) is 5.91 Å². The SMILES string of the molecule is C[C@@H]1CN(Cc2ccccc2C(=O)C=Cc2cccc(C=CC(=O)NO)c2)C[C@H](C)N1. The summed E-state index contributed by atoms with van der Waals surface area (Å²) in [6.45, 7) is 7.03. The van der Waals surface area contributed by atoms with Crippen LogP contribution >= 0.6 is 0 Å². The summed E-state index contributed by atoms with van der Waals surface area (Å²) in [6, 6.07) is 16.1. The van der Waals surface area contributed by atoms with Gasteiger partial charge in [-0.3, -0.25) is 19.7 Å². The van der Waals surface area contributed by atoms with Crippen LogP contribution in [0, 0.1) is 0 Å². The van der Waals surface area contributed by atoms with Crippen molar-refractivity contribution in [3.63, 3.8) is 0 Å². The molecule has 0 spiro atoms. The number of hydroxylamine groups is 1. The molecule has 0 unspecified atom stereocenters. The molecule has 6 nitrogen and oxygen atoms in total. The van der Waals surface area contributed by atoms with Crippen LogP contribution in [0.2, 0.25) is 0 Å². The minimum atomic E-state index is -0.596. The van der Waals surface area contributed by atoms with Crippen molar-refractivity contribution in [2.45, 2.75) is 32.5 Å². The summed E-state index contributed by atoms with van der Waals surface area (Å²) in [4.78, 5) is 26.5. The molecule has 0 aromatic heterocycles. The Hall–Kier alpha value is -3.06. The third kappa shape index (κ3) is 6.72. The number of allylic oxidation sites excluding steroid dienone is 1. The van der Waals surface area contributed by atoms with Crippen molar-refractivity contribution in [3.8, 4) is 0 Å². The zero-order chi connectivity index (χ0) is 22.2.